The molecule has 0 radical (unpaired) electrons. The molecule has 0 aliphatic carbocycles. The number of nitrogens with zero attached hydrogens (tertiary/aromatic N) is 2. The molecule has 0 atom stereocenters. The van der Waals surface area contributed by atoms with Gasteiger partial charge < -0.3 is 10.1 Å². The third kappa shape index (κ3) is 3.48. The molecule has 0 aliphatic rings. The second-order valence-corrected chi connectivity index (χ2v) is 5.83. The lowest BCUT2D eigenvalue weighted by Gasteiger charge is -2.07. The number of ether oxygens (including phenoxy) is 1. The average molecular weight is 311 g/mol. The van der Waals surface area contributed by atoms with E-state index in [0.717, 1.165) is 4.88 Å². The Hall–Kier alpha value is -2.73. The molecule has 2 heterocycles. The van der Waals surface area contributed by atoms with E-state index in [-0.39, 0.29) is 5.91 Å². The number of aryl methyl sites for hydroxylation is 1. The predicted molar refractivity (Wildman–Crippen MR) is 85.6 cm³/mol. The zero-order valence-corrected chi connectivity index (χ0v) is 12.6. The lowest BCUT2D eigenvalue weighted by atomic mass is 10.3. The fourth-order valence-corrected chi connectivity index (χ4v) is 2.61. The number of thiophene rings is 1. The summed E-state index contributed by atoms with van der Waals surface area (Å²) in [5, 5.41) is 2.85. The van der Waals surface area contributed by atoms with Gasteiger partial charge in [0.15, 0.2) is 0 Å². The van der Waals surface area contributed by atoms with Gasteiger partial charge in [0, 0.05) is 29.0 Å². The highest BCUT2D eigenvalue weighted by Crippen LogP contribution is 2.23. The number of amides is 1. The van der Waals surface area contributed by atoms with Gasteiger partial charge in [0.2, 0.25) is 5.88 Å². The van der Waals surface area contributed by atoms with E-state index in [1.165, 1.54) is 17.5 Å². The number of carbonyl (C=O) groups is 1. The maximum atomic E-state index is 12.1. The fraction of sp³-hybridized carbons (Fsp3) is 0.0625. The van der Waals surface area contributed by atoms with Crippen molar-refractivity contribution in [3.63, 3.8) is 0 Å². The summed E-state index contributed by atoms with van der Waals surface area (Å²) >= 11 is 1.46. The Bertz CT molecular complexity index is 787. The quantitative estimate of drug-likeness (QED) is 0.794. The van der Waals surface area contributed by atoms with Gasteiger partial charge in [-0.3, -0.25) is 9.78 Å². The molecule has 0 saturated heterocycles. The molecule has 5 nitrogen and oxygen atoms in total. The van der Waals surface area contributed by atoms with E-state index in [1.807, 2.05) is 25.1 Å². The van der Waals surface area contributed by atoms with Crippen LogP contribution in [-0.2, 0) is 0 Å². The standard InChI is InChI=1S/C16H13N3O2S/c1-11-5-6-14(22-11)16(20)19-12-3-2-4-13(9-12)21-15-10-17-7-8-18-15/h2-10H,1H3,(H,19,20). The van der Waals surface area contributed by atoms with Crippen molar-refractivity contribution in [2.24, 2.45) is 0 Å². The minimum atomic E-state index is -0.130. The first-order valence-corrected chi connectivity index (χ1v) is 7.44. The van der Waals surface area contributed by atoms with Gasteiger partial charge in [-0.15, -0.1) is 11.3 Å². The highest BCUT2D eigenvalue weighted by molar-refractivity contribution is 7.14. The smallest absolute Gasteiger partial charge is 0.265 e. The average Bonchev–Trinajstić information content (AvgIpc) is 2.95. The van der Waals surface area contributed by atoms with Crippen LogP contribution in [0.25, 0.3) is 0 Å². The maximum absolute atomic E-state index is 12.1. The zero-order chi connectivity index (χ0) is 15.4. The summed E-state index contributed by atoms with van der Waals surface area (Å²) in [4.78, 5) is 21.9. The highest BCUT2D eigenvalue weighted by Gasteiger charge is 2.09. The van der Waals surface area contributed by atoms with Gasteiger partial charge in [0.1, 0.15) is 5.75 Å². The molecule has 1 N–H and O–H groups in total. The van der Waals surface area contributed by atoms with E-state index in [2.05, 4.69) is 15.3 Å². The first-order valence-electron chi connectivity index (χ1n) is 6.62. The van der Waals surface area contributed by atoms with Crippen LogP contribution in [0.1, 0.15) is 14.5 Å². The van der Waals surface area contributed by atoms with Gasteiger partial charge in [0.25, 0.3) is 5.91 Å². The van der Waals surface area contributed by atoms with Crippen LogP contribution in [0, 0.1) is 6.92 Å². The van der Waals surface area contributed by atoms with Crippen molar-refractivity contribution in [3.8, 4) is 11.6 Å². The van der Waals surface area contributed by atoms with Crippen LogP contribution in [0.2, 0.25) is 0 Å². The van der Waals surface area contributed by atoms with E-state index in [0.29, 0.717) is 22.2 Å². The van der Waals surface area contributed by atoms with Crippen molar-refractivity contribution in [1.29, 1.82) is 0 Å². The Morgan fingerprint density at radius 3 is 2.86 bits per heavy atom. The molecule has 3 aromatic rings. The minimum Gasteiger partial charge on any atom is -0.437 e. The first-order chi connectivity index (χ1) is 10.7. The molecule has 110 valence electrons. The third-order valence-corrected chi connectivity index (χ3v) is 3.82. The largest absolute Gasteiger partial charge is 0.437 e. The summed E-state index contributed by atoms with van der Waals surface area (Å²) in [7, 11) is 0. The van der Waals surface area contributed by atoms with Crippen LogP contribution in [0.4, 0.5) is 5.69 Å². The van der Waals surface area contributed by atoms with Gasteiger partial charge >= 0.3 is 0 Å². The number of anilines is 1. The first kappa shape index (κ1) is 14.2. The van der Waals surface area contributed by atoms with E-state index in [4.69, 9.17) is 4.74 Å². The molecule has 0 unspecified atom stereocenters. The monoisotopic (exact) mass is 311 g/mol. The Labute approximate surface area is 131 Å². The molecular formula is C16H13N3O2S. The number of benzene rings is 1. The molecule has 0 saturated carbocycles. The fourth-order valence-electron chi connectivity index (χ4n) is 1.85. The molecule has 22 heavy (non-hydrogen) atoms. The minimum absolute atomic E-state index is 0.130. The third-order valence-electron chi connectivity index (χ3n) is 2.82. The van der Waals surface area contributed by atoms with Crippen molar-refractivity contribution in [2.75, 3.05) is 5.32 Å². The lowest BCUT2D eigenvalue weighted by molar-refractivity contribution is 0.103. The molecule has 2 aromatic heterocycles. The second-order valence-electron chi connectivity index (χ2n) is 4.54. The summed E-state index contributed by atoms with van der Waals surface area (Å²) in [5.74, 6) is 0.857. The normalized spacial score (nSPS) is 10.2. The number of carbonyl (C=O) groups excluding carboxylic acids is 1. The summed E-state index contributed by atoms with van der Waals surface area (Å²) in [6, 6.07) is 10.9. The Kier molecular flexibility index (Phi) is 4.11. The molecule has 0 bridgehead atoms. The Balaban J connectivity index is 1.72. The van der Waals surface area contributed by atoms with Crippen molar-refractivity contribution in [2.45, 2.75) is 6.92 Å². The van der Waals surface area contributed by atoms with E-state index >= 15 is 0 Å². The summed E-state index contributed by atoms with van der Waals surface area (Å²) in [6.45, 7) is 1.97. The predicted octanol–water partition coefficient (Wildman–Crippen LogP) is 3.89. The van der Waals surface area contributed by atoms with Gasteiger partial charge in [0.05, 0.1) is 11.1 Å². The van der Waals surface area contributed by atoms with Gasteiger partial charge in [-0.2, -0.15) is 0 Å². The maximum Gasteiger partial charge on any atom is 0.265 e. The van der Waals surface area contributed by atoms with Gasteiger partial charge in [-0.05, 0) is 31.2 Å². The number of hydrogen-bond acceptors (Lipinski definition) is 5. The molecule has 1 aromatic carbocycles. The molecule has 0 aliphatic heterocycles. The van der Waals surface area contributed by atoms with Crippen LogP contribution in [0.15, 0.2) is 55.0 Å². The van der Waals surface area contributed by atoms with Crippen molar-refractivity contribution in [3.05, 3.63) is 64.7 Å². The van der Waals surface area contributed by atoms with Crippen LogP contribution < -0.4 is 10.1 Å². The van der Waals surface area contributed by atoms with Crippen LogP contribution in [0.5, 0.6) is 11.6 Å². The second kappa shape index (κ2) is 6.36. The van der Waals surface area contributed by atoms with E-state index in [1.54, 1.807) is 30.6 Å². The molecule has 3 rings (SSSR count). The molecule has 1 amide bonds. The van der Waals surface area contributed by atoms with Gasteiger partial charge in [-0.1, -0.05) is 6.07 Å². The molecular weight excluding hydrogens is 298 g/mol. The summed E-state index contributed by atoms with van der Waals surface area (Å²) in [6.07, 6.45) is 4.66. The summed E-state index contributed by atoms with van der Waals surface area (Å²) in [5.41, 5.74) is 0.664. The highest BCUT2D eigenvalue weighted by atomic mass is 32.1. The van der Waals surface area contributed by atoms with Crippen molar-refractivity contribution in [1.82, 2.24) is 9.97 Å². The number of hydrogen-bond donors (Lipinski definition) is 1. The zero-order valence-electron chi connectivity index (χ0n) is 11.8. The van der Waals surface area contributed by atoms with Crippen molar-refractivity contribution < 1.29 is 9.53 Å². The molecule has 0 spiro atoms. The summed E-state index contributed by atoms with van der Waals surface area (Å²) < 4.78 is 5.59. The Morgan fingerprint density at radius 1 is 1.23 bits per heavy atom. The van der Waals surface area contributed by atoms with E-state index in [9.17, 15) is 4.79 Å². The topological polar surface area (TPSA) is 64.1 Å². The van der Waals surface area contributed by atoms with Crippen molar-refractivity contribution >= 4 is 22.9 Å². The van der Waals surface area contributed by atoms with Crippen LogP contribution >= 0.6 is 11.3 Å². The SMILES string of the molecule is Cc1ccc(C(=O)Nc2cccc(Oc3cnccn3)c2)s1. The Morgan fingerprint density at radius 2 is 2.14 bits per heavy atom. The lowest BCUT2D eigenvalue weighted by Crippen LogP contribution is -2.09. The molecule has 6 heteroatoms. The number of rotatable bonds is 4. The van der Waals surface area contributed by atoms with Crippen LogP contribution in [-0.4, -0.2) is 15.9 Å². The van der Waals surface area contributed by atoms with Crippen LogP contribution in [0.3, 0.4) is 0 Å². The van der Waals surface area contributed by atoms with E-state index < -0.39 is 0 Å². The van der Waals surface area contributed by atoms with Gasteiger partial charge in [-0.25, -0.2) is 4.98 Å². The number of aromatic nitrogens is 2. The number of nitrogens with one attached hydrogen (secondary N) is 1. The molecule has 0 fully saturated rings.